The molecule has 2 nitrogen and oxygen atoms in total. The highest BCUT2D eigenvalue weighted by Gasteiger charge is 2.32. The van der Waals surface area contributed by atoms with E-state index in [4.69, 9.17) is 17.3 Å². The molecule has 6 heteroatoms. The number of ether oxygens (including phenoxy) is 1. The molecule has 0 unspecified atom stereocenters. The van der Waals surface area contributed by atoms with Crippen molar-refractivity contribution in [3.63, 3.8) is 0 Å². The molecule has 0 amide bonds. The second-order valence-corrected chi connectivity index (χ2v) is 4.12. The molecule has 1 aromatic rings. The average Bonchev–Trinajstić information content (AvgIpc) is 2.27. The molecule has 0 spiro atoms. The van der Waals surface area contributed by atoms with Crippen molar-refractivity contribution in [3.05, 3.63) is 41.4 Å². The Labute approximate surface area is 108 Å². The van der Waals surface area contributed by atoms with Gasteiger partial charge in [0.05, 0.1) is 5.02 Å². The van der Waals surface area contributed by atoms with Crippen LogP contribution in [-0.4, -0.2) is 6.36 Å². The Morgan fingerprint density at radius 1 is 1.44 bits per heavy atom. The van der Waals surface area contributed by atoms with Gasteiger partial charge < -0.3 is 10.5 Å². The Bertz CT molecular complexity index is 420. The van der Waals surface area contributed by atoms with Crippen molar-refractivity contribution >= 4 is 11.6 Å². The molecule has 1 rings (SSSR count). The predicted octanol–water partition coefficient (Wildman–Crippen LogP) is 4.20. The number of rotatable bonds is 5. The first kappa shape index (κ1) is 14.9. The molecule has 0 radical (unpaired) electrons. The molecule has 2 N–H and O–H groups in total. The third kappa shape index (κ3) is 4.58. The Hall–Kier alpha value is -1.20. The number of hydrogen-bond donors (Lipinski definition) is 1. The van der Waals surface area contributed by atoms with Crippen LogP contribution in [0.1, 0.15) is 24.4 Å². The first-order chi connectivity index (χ1) is 8.33. The first-order valence-electron chi connectivity index (χ1n) is 5.25. The first-order valence-corrected chi connectivity index (χ1v) is 5.63. The third-order valence-electron chi connectivity index (χ3n) is 2.29. The van der Waals surface area contributed by atoms with Gasteiger partial charge in [-0.1, -0.05) is 23.7 Å². The van der Waals surface area contributed by atoms with Gasteiger partial charge in [-0.05, 0) is 30.5 Å². The summed E-state index contributed by atoms with van der Waals surface area (Å²) in [7, 11) is 0. The van der Waals surface area contributed by atoms with Gasteiger partial charge in [-0.2, -0.15) is 0 Å². The van der Waals surface area contributed by atoms with Crippen molar-refractivity contribution in [2.75, 3.05) is 0 Å². The Kier molecular flexibility index (Phi) is 5.04. The maximum absolute atomic E-state index is 12.0. The fraction of sp³-hybridized carbons (Fsp3) is 0.333. The average molecular weight is 280 g/mol. The molecule has 0 aliphatic carbocycles. The van der Waals surface area contributed by atoms with E-state index in [1.165, 1.54) is 18.2 Å². The van der Waals surface area contributed by atoms with Gasteiger partial charge in [0.2, 0.25) is 0 Å². The molecule has 1 aromatic carbocycles. The van der Waals surface area contributed by atoms with E-state index in [1.54, 1.807) is 6.08 Å². The fourth-order valence-corrected chi connectivity index (χ4v) is 1.65. The highest BCUT2D eigenvalue weighted by molar-refractivity contribution is 6.32. The summed E-state index contributed by atoms with van der Waals surface area (Å²) in [5.74, 6) is -0.427. The van der Waals surface area contributed by atoms with Crippen molar-refractivity contribution in [2.24, 2.45) is 5.73 Å². The summed E-state index contributed by atoms with van der Waals surface area (Å²) in [5.41, 5.74) is 6.52. The zero-order chi connectivity index (χ0) is 13.8. The second kappa shape index (κ2) is 6.11. The van der Waals surface area contributed by atoms with Gasteiger partial charge in [-0.15, -0.1) is 19.8 Å². The van der Waals surface area contributed by atoms with E-state index in [2.05, 4.69) is 11.3 Å². The van der Waals surface area contributed by atoms with Gasteiger partial charge in [0.25, 0.3) is 0 Å². The zero-order valence-corrected chi connectivity index (χ0v) is 10.3. The highest BCUT2D eigenvalue weighted by atomic mass is 35.5. The van der Waals surface area contributed by atoms with E-state index >= 15 is 0 Å². The molecule has 0 aliphatic heterocycles. The monoisotopic (exact) mass is 279 g/mol. The summed E-state index contributed by atoms with van der Waals surface area (Å²) in [6, 6.07) is 3.73. The molecule has 1 atom stereocenters. The summed E-state index contributed by atoms with van der Waals surface area (Å²) in [4.78, 5) is 0. The topological polar surface area (TPSA) is 35.2 Å². The van der Waals surface area contributed by atoms with Crippen molar-refractivity contribution in [2.45, 2.75) is 25.2 Å². The SMILES string of the molecule is C=CCC[C@@H](N)c1ccc(OC(F)(F)F)c(Cl)c1. The van der Waals surface area contributed by atoms with Crippen LogP contribution in [0.25, 0.3) is 0 Å². The summed E-state index contributed by atoms with van der Waals surface area (Å²) in [6.07, 6.45) is -1.66. The quantitative estimate of drug-likeness (QED) is 0.820. The smallest absolute Gasteiger partial charge is 0.404 e. The van der Waals surface area contributed by atoms with Crippen LogP contribution < -0.4 is 10.5 Å². The van der Waals surface area contributed by atoms with Gasteiger partial charge in [-0.25, -0.2) is 0 Å². The second-order valence-electron chi connectivity index (χ2n) is 3.71. The summed E-state index contributed by atoms with van der Waals surface area (Å²) in [6.45, 7) is 3.57. The Morgan fingerprint density at radius 3 is 2.61 bits per heavy atom. The molecule has 0 bridgehead atoms. The molecule has 0 saturated heterocycles. The van der Waals surface area contributed by atoms with Crippen LogP contribution in [-0.2, 0) is 0 Å². The van der Waals surface area contributed by atoms with Crippen LogP contribution in [0.4, 0.5) is 13.2 Å². The van der Waals surface area contributed by atoms with Crippen LogP contribution >= 0.6 is 11.6 Å². The normalized spacial score (nSPS) is 13.2. The van der Waals surface area contributed by atoms with Gasteiger partial charge in [-0.3, -0.25) is 0 Å². The minimum Gasteiger partial charge on any atom is -0.404 e. The van der Waals surface area contributed by atoms with Gasteiger partial charge in [0.15, 0.2) is 0 Å². The third-order valence-corrected chi connectivity index (χ3v) is 2.59. The number of halogens is 4. The van der Waals surface area contributed by atoms with Crippen LogP contribution in [0.3, 0.4) is 0 Å². The van der Waals surface area contributed by atoms with Crippen molar-refractivity contribution in [1.29, 1.82) is 0 Å². The number of allylic oxidation sites excluding steroid dienone is 1. The summed E-state index contributed by atoms with van der Waals surface area (Å²) >= 11 is 5.71. The van der Waals surface area contributed by atoms with Crippen molar-refractivity contribution < 1.29 is 17.9 Å². The van der Waals surface area contributed by atoms with Crippen molar-refractivity contribution in [1.82, 2.24) is 0 Å². The maximum atomic E-state index is 12.0. The van der Waals surface area contributed by atoms with E-state index in [0.717, 1.165) is 6.42 Å². The molecule has 0 aliphatic rings. The Morgan fingerprint density at radius 2 is 2.11 bits per heavy atom. The minimum absolute atomic E-state index is 0.112. The standard InChI is InChI=1S/C12H13ClF3NO/c1-2-3-4-10(17)8-5-6-11(9(13)7-8)18-12(14,15)16/h2,5-7,10H,1,3-4,17H2/t10-/m1/s1. The lowest BCUT2D eigenvalue weighted by Gasteiger charge is -2.14. The fourth-order valence-electron chi connectivity index (χ4n) is 1.42. The lowest BCUT2D eigenvalue weighted by molar-refractivity contribution is -0.274. The number of hydrogen-bond acceptors (Lipinski definition) is 2. The van der Waals surface area contributed by atoms with E-state index in [9.17, 15) is 13.2 Å². The van der Waals surface area contributed by atoms with Gasteiger partial charge >= 0.3 is 6.36 Å². The largest absolute Gasteiger partial charge is 0.573 e. The van der Waals surface area contributed by atoms with Crippen LogP contribution in [0, 0.1) is 0 Å². The molecule has 0 aromatic heterocycles. The summed E-state index contributed by atoms with van der Waals surface area (Å²) in [5, 5.41) is -0.112. The Balaban J connectivity index is 2.81. The molecule has 100 valence electrons. The number of alkyl halides is 3. The lowest BCUT2D eigenvalue weighted by atomic mass is 10.0. The minimum atomic E-state index is -4.75. The highest BCUT2D eigenvalue weighted by Crippen LogP contribution is 2.32. The van der Waals surface area contributed by atoms with Crippen LogP contribution in [0.2, 0.25) is 5.02 Å². The van der Waals surface area contributed by atoms with E-state index < -0.39 is 12.1 Å². The lowest BCUT2D eigenvalue weighted by Crippen LogP contribution is -2.17. The molecule has 18 heavy (non-hydrogen) atoms. The van der Waals surface area contributed by atoms with E-state index in [0.29, 0.717) is 12.0 Å². The number of nitrogens with two attached hydrogens (primary N) is 1. The maximum Gasteiger partial charge on any atom is 0.573 e. The molecule has 0 fully saturated rings. The molecular formula is C12H13ClF3NO. The van der Waals surface area contributed by atoms with Gasteiger partial charge in [0, 0.05) is 6.04 Å². The predicted molar refractivity (Wildman–Crippen MR) is 64.5 cm³/mol. The summed E-state index contributed by atoms with van der Waals surface area (Å²) < 4.78 is 39.9. The number of benzene rings is 1. The van der Waals surface area contributed by atoms with Crippen LogP contribution in [0.15, 0.2) is 30.9 Å². The van der Waals surface area contributed by atoms with Crippen LogP contribution in [0.5, 0.6) is 5.75 Å². The van der Waals surface area contributed by atoms with Crippen molar-refractivity contribution in [3.8, 4) is 5.75 Å². The van der Waals surface area contributed by atoms with E-state index in [1.807, 2.05) is 0 Å². The van der Waals surface area contributed by atoms with E-state index in [-0.39, 0.29) is 11.1 Å². The molecular weight excluding hydrogens is 267 g/mol. The molecule has 0 heterocycles. The van der Waals surface area contributed by atoms with Gasteiger partial charge in [0.1, 0.15) is 5.75 Å². The zero-order valence-electron chi connectivity index (χ0n) is 9.51. The molecule has 0 saturated carbocycles.